The molecule has 0 aliphatic heterocycles. The Morgan fingerprint density at radius 2 is 2.00 bits per heavy atom. The molecule has 0 aromatic carbocycles. The normalized spacial score (nSPS) is 13.2. The van der Waals surface area contributed by atoms with Crippen LogP contribution < -0.4 is 5.73 Å². The predicted molar refractivity (Wildman–Crippen MR) is 63.4 cm³/mol. The fourth-order valence-corrected chi connectivity index (χ4v) is 1.65. The molecule has 5 nitrogen and oxygen atoms in total. The molecule has 0 heterocycles. The van der Waals surface area contributed by atoms with Crippen molar-refractivity contribution < 1.29 is 19.4 Å². The molecule has 0 saturated heterocycles. The highest BCUT2D eigenvalue weighted by Gasteiger charge is 2.16. The molecule has 0 aliphatic carbocycles. The summed E-state index contributed by atoms with van der Waals surface area (Å²) in [5.74, 6) is -0.546. The second-order valence-electron chi connectivity index (χ2n) is 4.37. The van der Waals surface area contributed by atoms with E-state index in [4.69, 9.17) is 15.6 Å². The van der Waals surface area contributed by atoms with Gasteiger partial charge in [-0.25, -0.2) is 0 Å². The van der Waals surface area contributed by atoms with Gasteiger partial charge in [0.25, 0.3) is 0 Å². The van der Waals surface area contributed by atoms with Gasteiger partial charge in [-0.3, -0.25) is 9.59 Å². The molecule has 0 aromatic heterocycles. The summed E-state index contributed by atoms with van der Waals surface area (Å²) in [6.07, 6.45) is 0.350. The third-order valence-electron chi connectivity index (χ3n) is 1.53. The third-order valence-corrected chi connectivity index (χ3v) is 2.49. The molecule has 0 saturated carbocycles. The van der Waals surface area contributed by atoms with E-state index in [1.165, 1.54) is 11.8 Å². The summed E-state index contributed by atoms with van der Waals surface area (Å²) >= 11 is 1.33. The molecule has 0 bridgehead atoms. The van der Waals surface area contributed by atoms with Crippen molar-refractivity contribution in [2.24, 2.45) is 5.73 Å². The predicted octanol–water partition coefficient (Wildman–Crippen LogP) is 0.863. The Morgan fingerprint density at radius 1 is 1.44 bits per heavy atom. The smallest absolute Gasteiger partial charge is 0.320 e. The Balaban J connectivity index is 3.60. The van der Waals surface area contributed by atoms with Crippen LogP contribution in [0.4, 0.5) is 0 Å². The van der Waals surface area contributed by atoms with E-state index in [-0.39, 0.29) is 11.7 Å². The van der Waals surface area contributed by atoms with Gasteiger partial charge >= 0.3 is 11.9 Å². The highest BCUT2D eigenvalue weighted by atomic mass is 32.2. The molecular formula is C10H19NO4S. The second kappa shape index (κ2) is 6.75. The van der Waals surface area contributed by atoms with Crippen LogP contribution in [0.2, 0.25) is 0 Å². The zero-order valence-corrected chi connectivity index (χ0v) is 10.7. The van der Waals surface area contributed by atoms with Gasteiger partial charge in [0.15, 0.2) is 0 Å². The molecule has 6 heteroatoms. The van der Waals surface area contributed by atoms with Crippen molar-refractivity contribution in [3.63, 3.8) is 0 Å². The maximum Gasteiger partial charge on any atom is 0.320 e. The van der Waals surface area contributed by atoms with Crippen LogP contribution in [-0.4, -0.2) is 40.2 Å². The number of hydrogen-bond donors (Lipinski definition) is 2. The number of carboxylic acids is 1. The zero-order valence-electron chi connectivity index (χ0n) is 9.86. The lowest BCUT2D eigenvalue weighted by molar-refractivity contribution is -0.151. The van der Waals surface area contributed by atoms with Gasteiger partial charge in [0.2, 0.25) is 0 Å². The van der Waals surface area contributed by atoms with Gasteiger partial charge in [0, 0.05) is 0 Å². The largest absolute Gasteiger partial charge is 0.480 e. The van der Waals surface area contributed by atoms with Gasteiger partial charge < -0.3 is 15.6 Å². The lowest BCUT2D eigenvalue weighted by atomic mass is 10.2. The van der Waals surface area contributed by atoms with E-state index >= 15 is 0 Å². The Labute approximate surface area is 99.7 Å². The minimum Gasteiger partial charge on any atom is -0.480 e. The standard InChI is InChI=1S/C10H19NO4S/c1-10(2,3)15-8(12)6-16-5-4-7(11)9(13)14/h7H,4-6,11H2,1-3H3,(H,13,14). The number of hydrogen-bond acceptors (Lipinski definition) is 5. The van der Waals surface area contributed by atoms with Crippen LogP contribution in [0.25, 0.3) is 0 Å². The first kappa shape index (κ1) is 15.2. The fourth-order valence-electron chi connectivity index (χ4n) is 0.860. The molecule has 0 aliphatic rings. The minimum absolute atomic E-state index is 0.226. The first-order valence-corrected chi connectivity index (χ1v) is 6.16. The summed E-state index contributed by atoms with van der Waals surface area (Å²) in [5.41, 5.74) is 4.83. The summed E-state index contributed by atoms with van der Waals surface area (Å²) in [5, 5.41) is 8.52. The topological polar surface area (TPSA) is 89.6 Å². The number of esters is 1. The highest BCUT2D eigenvalue weighted by Crippen LogP contribution is 2.11. The molecule has 1 atom stereocenters. The average molecular weight is 249 g/mol. The van der Waals surface area contributed by atoms with Crippen molar-refractivity contribution in [1.29, 1.82) is 0 Å². The van der Waals surface area contributed by atoms with E-state index in [0.717, 1.165) is 0 Å². The van der Waals surface area contributed by atoms with Gasteiger partial charge in [-0.1, -0.05) is 0 Å². The van der Waals surface area contributed by atoms with Gasteiger partial charge in [0.05, 0.1) is 5.75 Å². The molecular weight excluding hydrogens is 230 g/mol. The van der Waals surface area contributed by atoms with Crippen molar-refractivity contribution in [2.75, 3.05) is 11.5 Å². The highest BCUT2D eigenvalue weighted by molar-refractivity contribution is 7.99. The molecule has 0 amide bonds. The Bertz CT molecular complexity index is 250. The number of aliphatic carboxylic acids is 1. The second-order valence-corrected chi connectivity index (χ2v) is 5.48. The van der Waals surface area contributed by atoms with Crippen LogP contribution in [0.15, 0.2) is 0 Å². The number of carbonyl (C=O) groups is 2. The van der Waals surface area contributed by atoms with E-state index in [1.54, 1.807) is 20.8 Å². The van der Waals surface area contributed by atoms with Crippen LogP contribution in [0, 0.1) is 0 Å². The first-order valence-electron chi connectivity index (χ1n) is 5.00. The summed E-state index contributed by atoms with van der Waals surface area (Å²) in [4.78, 5) is 21.6. The van der Waals surface area contributed by atoms with Gasteiger partial charge in [-0.15, -0.1) is 0 Å². The monoisotopic (exact) mass is 249 g/mol. The average Bonchev–Trinajstić information content (AvgIpc) is 2.08. The fraction of sp³-hybridized carbons (Fsp3) is 0.800. The van der Waals surface area contributed by atoms with Crippen LogP contribution in [-0.2, 0) is 14.3 Å². The quantitative estimate of drug-likeness (QED) is 0.536. The molecule has 0 radical (unpaired) electrons. The van der Waals surface area contributed by atoms with Crippen LogP contribution >= 0.6 is 11.8 Å². The van der Waals surface area contributed by atoms with Crippen molar-refractivity contribution >= 4 is 23.7 Å². The molecule has 16 heavy (non-hydrogen) atoms. The van der Waals surface area contributed by atoms with Gasteiger partial charge in [0.1, 0.15) is 11.6 Å². The SMILES string of the molecule is CC(C)(C)OC(=O)CSCCC(N)C(=O)O. The Kier molecular flexibility index (Phi) is 6.43. The number of rotatable bonds is 6. The van der Waals surface area contributed by atoms with Crippen LogP contribution in [0.3, 0.4) is 0 Å². The van der Waals surface area contributed by atoms with Crippen molar-refractivity contribution in [2.45, 2.75) is 38.8 Å². The minimum atomic E-state index is -1.02. The molecule has 3 N–H and O–H groups in total. The summed E-state index contributed by atoms with van der Waals surface area (Å²) < 4.78 is 5.08. The Hall–Kier alpha value is -0.750. The van der Waals surface area contributed by atoms with Crippen LogP contribution in [0.1, 0.15) is 27.2 Å². The van der Waals surface area contributed by atoms with Crippen molar-refractivity contribution in [1.82, 2.24) is 0 Å². The third kappa shape index (κ3) is 8.55. The lowest BCUT2D eigenvalue weighted by Crippen LogP contribution is -2.30. The molecule has 94 valence electrons. The number of carboxylic acid groups (broad SMARTS) is 1. The van der Waals surface area contributed by atoms with E-state index < -0.39 is 17.6 Å². The molecule has 0 spiro atoms. The van der Waals surface area contributed by atoms with Gasteiger partial charge in [-0.2, -0.15) is 11.8 Å². The molecule has 1 unspecified atom stereocenters. The molecule has 0 aromatic rings. The van der Waals surface area contributed by atoms with Gasteiger partial charge in [-0.05, 0) is 32.9 Å². The molecule has 0 fully saturated rings. The maximum atomic E-state index is 11.2. The van der Waals surface area contributed by atoms with E-state index in [2.05, 4.69) is 0 Å². The van der Waals surface area contributed by atoms with Crippen LogP contribution in [0.5, 0.6) is 0 Å². The van der Waals surface area contributed by atoms with E-state index in [1.807, 2.05) is 0 Å². The number of carbonyl (C=O) groups excluding carboxylic acids is 1. The lowest BCUT2D eigenvalue weighted by Gasteiger charge is -2.19. The maximum absolute atomic E-state index is 11.2. The summed E-state index contributed by atoms with van der Waals surface area (Å²) in [6.45, 7) is 5.40. The number of thioether (sulfide) groups is 1. The first-order chi connectivity index (χ1) is 7.22. The molecule has 0 rings (SSSR count). The summed E-state index contributed by atoms with van der Waals surface area (Å²) in [6, 6.07) is -0.855. The Morgan fingerprint density at radius 3 is 2.44 bits per heavy atom. The van der Waals surface area contributed by atoms with E-state index in [9.17, 15) is 9.59 Å². The number of nitrogens with two attached hydrogens (primary N) is 1. The zero-order chi connectivity index (χ0) is 12.8. The summed E-state index contributed by atoms with van der Waals surface area (Å²) in [7, 11) is 0. The van der Waals surface area contributed by atoms with Crippen molar-refractivity contribution in [3.8, 4) is 0 Å². The number of ether oxygens (including phenoxy) is 1. The van der Waals surface area contributed by atoms with Crippen molar-refractivity contribution in [3.05, 3.63) is 0 Å². The van der Waals surface area contributed by atoms with E-state index in [0.29, 0.717) is 12.2 Å².